The first kappa shape index (κ1) is 66.6. The van der Waals surface area contributed by atoms with Gasteiger partial charge in [0.2, 0.25) is 0 Å². The zero-order valence-electron chi connectivity index (χ0n) is 45.7. The highest BCUT2D eigenvalue weighted by Gasteiger charge is 2.19. The Balaban J connectivity index is 4.57. The third kappa shape index (κ3) is 56.3. The van der Waals surface area contributed by atoms with E-state index in [0.29, 0.717) is 19.3 Å². The molecular formula is C65H104O6. The average Bonchev–Trinajstić information content (AvgIpc) is 3.37. The van der Waals surface area contributed by atoms with Crippen LogP contribution in [0, 0.1) is 0 Å². The SMILES string of the molecule is CC/C=C\C/C=C\C/C=C\C/C=C\C/C=C\CCCC(=O)OCC(COC(=O)CCCCCCCCC/C=C\CCCCCCCCCC)OC(=O)CCC/C=C\C/C=C\C/C=C\C/C=C\C/C=C\CC. The fraction of sp³-hybridized carbons (Fsp3) is 0.615. The van der Waals surface area contributed by atoms with E-state index < -0.39 is 6.10 Å². The number of hydrogen-bond donors (Lipinski definition) is 0. The summed E-state index contributed by atoms with van der Waals surface area (Å²) in [5.74, 6) is -1.05. The molecule has 0 saturated carbocycles. The second-order valence-electron chi connectivity index (χ2n) is 18.4. The minimum absolute atomic E-state index is 0.125. The lowest BCUT2D eigenvalue weighted by Crippen LogP contribution is -2.30. The van der Waals surface area contributed by atoms with Gasteiger partial charge in [-0.25, -0.2) is 0 Å². The molecule has 0 radical (unpaired) electrons. The molecule has 400 valence electrons. The van der Waals surface area contributed by atoms with Gasteiger partial charge in [-0.1, -0.05) is 231 Å². The summed E-state index contributed by atoms with van der Waals surface area (Å²) in [4.78, 5) is 38.1. The summed E-state index contributed by atoms with van der Waals surface area (Å²) in [6, 6.07) is 0. The van der Waals surface area contributed by atoms with E-state index in [1.807, 2.05) is 0 Å². The predicted octanol–water partition coefficient (Wildman–Crippen LogP) is 19.4. The monoisotopic (exact) mass is 981 g/mol. The maximum absolute atomic E-state index is 12.8. The Kier molecular flexibility index (Phi) is 54.5. The van der Waals surface area contributed by atoms with Gasteiger partial charge in [0, 0.05) is 19.3 Å². The van der Waals surface area contributed by atoms with Crippen LogP contribution in [0.3, 0.4) is 0 Å². The van der Waals surface area contributed by atoms with E-state index in [4.69, 9.17) is 14.2 Å². The molecule has 0 heterocycles. The third-order valence-electron chi connectivity index (χ3n) is 11.6. The first-order valence-corrected chi connectivity index (χ1v) is 28.7. The van der Waals surface area contributed by atoms with E-state index in [1.54, 1.807) is 0 Å². The maximum Gasteiger partial charge on any atom is 0.306 e. The van der Waals surface area contributed by atoms with Crippen molar-refractivity contribution in [3.05, 3.63) is 134 Å². The highest BCUT2D eigenvalue weighted by molar-refractivity contribution is 5.71. The van der Waals surface area contributed by atoms with Crippen LogP contribution in [0.2, 0.25) is 0 Å². The number of carbonyl (C=O) groups is 3. The van der Waals surface area contributed by atoms with Crippen LogP contribution < -0.4 is 0 Å². The van der Waals surface area contributed by atoms with Crippen LogP contribution in [0.15, 0.2) is 134 Å². The van der Waals surface area contributed by atoms with Gasteiger partial charge >= 0.3 is 17.9 Å². The molecule has 0 aliphatic carbocycles. The first-order valence-electron chi connectivity index (χ1n) is 28.7. The number of allylic oxidation sites excluding steroid dienone is 22. The zero-order chi connectivity index (χ0) is 51.4. The molecule has 0 aromatic carbocycles. The summed E-state index contributed by atoms with van der Waals surface area (Å²) in [5.41, 5.74) is 0. The van der Waals surface area contributed by atoms with Crippen molar-refractivity contribution in [1.82, 2.24) is 0 Å². The van der Waals surface area contributed by atoms with Crippen molar-refractivity contribution >= 4 is 17.9 Å². The Bertz CT molecular complexity index is 1550. The van der Waals surface area contributed by atoms with E-state index in [9.17, 15) is 14.4 Å². The lowest BCUT2D eigenvalue weighted by Gasteiger charge is -2.18. The first-order chi connectivity index (χ1) is 35.0. The quantitative estimate of drug-likeness (QED) is 0.0262. The Hall–Kier alpha value is -4.45. The van der Waals surface area contributed by atoms with Gasteiger partial charge in [0.25, 0.3) is 0 Å². The number of esters is 3. The molecule has 0 rings (SSSR count). The molecule has 0 bridgehead atoms. The molecule has 0 aromatic heterocycles. The standard InChI is InChI=1S/C65H104O6/c1-4-7-10-13-16-19-22-25-28-31-32-35-37-40-43-46-49-52-55-58-64(67)70-61-62(71-65(68)59-56-53-50-47-44-41-38-34-30-27-24-21-18-15-12-9-6-3)60-69-63(66)57-54-51-48-45-42-39-36-33-29-26-23-20-17-14-11-8-5-2/h8-9,11-12,17-18,20-21,26-27,29-32,36,38-39,41,45,47-48,50,62H,4-7,10,13-16,19,22-25,28,33-35,37,40,42-44,46,49,51-61H2,1-3H3/b11-8-,12-9-,20-17-,21-18-,29-26-,30-27-,32-31-,39-36-,41-38-,48-45-,50-47-. The van der Waals surface area contributed by atoms with E-state index in [-0.39, 0.29) is 44.0 Å². The summed E-state index contributed by atoms with van der Waals surface area (Å²) in [5, 5.41) is 0. The van der Waals surface area contributed by atoms with Gasteiger partial charge in [-0.3, -0.25) is 14.4 Å². The van der Waals surface area contributed by atoms with Gasteiger partial charge in [-0.2, -0.15) is 0 Å². The molecule has 0 aliphatic heterocycles. The smallest absolute Gasteiger partial charge is 0.306 e. The summed E-state index contributed by atoms with van der Waals surface area (Å²) >= 11 is 0. The topological polar surface area (TPSA) is 78.9 Å². The number of unbranched alkanes of at least 4 members (excludes halogenated alkanes) is 17. The van der Waals surface area contributed by atoms with E-state index in [0.717, 1.165) is 96.3 Å². The van der Waals surface area contributed by atoms with Crippen LogP contribution in [0.25, 0.3) is 0 Å². The van der Waals surface area contributed by atoms with Crippen molar-refractivity contribution < 1.29 is 28.6 Å². The zero-order valence-corrected chi connectivity index (χ0v) is 45.7. The molecule has 0 N–H and O–H groups in total. The van der Waals surface area contributed by atoms with E-state index in [2.05, 4.69) is 154 Å². The molecule has 0 saturated heterocycles. The van der Waals surface area contributed by atoms with Crippen LogP contribution >= 0.6 is 0 Å². The minimum Gasteiger partial charge on any atom is -0.462 e. The number of rotatable bonds is 50. The molecule has 0 spiro atoms. The van der Waals surface area contributed by atoms with Crippen molar-refractivity contribution in [1.29, 1.82) is 0 Å². The number of ether oxygens (including phenoxy) is 3. The number of carbonyl (C=O) groups excluding carboxylic acids is 3. The fourth-order valence-electron chi connectivity index (χ4n) is 7.39. The van der Waals surface area contributed by atoms with Gasteiger partial charge in [-0.05, 0) is 122 Å². The highest BCUT2D eigenvalue weighted by Crippen LogP contribution is 2.13. The molecule has 6 nitrogen and oxygen atoms in total. The van der Waals surface area contributed by atoms with E-state index >= 15 is 0 Å². The Labute approximate surface area is 436 Å². The Morgan fingerprint density at radius 3 is 0.930 bits per heavy atom. The molecule has 0 aromatic rings. The fourth-order valence-corrected chi connectivity index (χ4v) is 7.39. The molecule has 0 aliphatic rings. The lowest BCUT2D eigenvalue weighted by molar-refractivity contribution is -0.167. The largest absolute Gasteiger partial charge is 0.462 e. The normalized spacial score (nSPS) is 13.1. The van der Waals surface area contributed by atoms with E-state index in [1.165, 1.54) is 89.9 Å². The molecule has 1 unspecified atom stereocenters. The van der Waals surface area contributed by atoms with Crippen molar-refractivity contribution in [2.75, 3.05) is 13.2 Å². The summed E-state index contributed by atoms with van der Waals surface area (Å²) in [7, 11) is 0. The van der Waals surface area contributed by atoms with Crippen LogP contribution in [-0.2, 0) is 28.6 Å². The molecule has 0 amide bonds. The van der Waals surface area contributed by atoms with Crippen LogP contribution in [0.5, 0.6) is 0 Å². The second kappa shape index (κ2) is 58.1. The molecule has 0 fully saturated rings. The highest BCUT2D eigenvalue weighted by atomic mass is 16.6. The van der Waals surface area contributed by atoms with Crippen molar-refractivity contribution in [3.8, 4) is 0 Å². The Morgan fingerprint density at radius 2 is 0.563 bits per heavy atom. The lowest BCUT2D eigenvalue weighted by atomic mass is 10.1. The molecule has 1 atom stereocenters. The van der Waals surface area contributed by atoms with Gasteiger partial charge < -0.3 is 14.2 Å². The summed E-state index contributed by atoms with van der Waals surface area (Å²) < 4.78 is 16.8. The van der Waals surface area contributed by atoms with Crippen LogP contribution in [-0.4, -0.2) is 37.2 Å². The molecule has 6 heteroatoms. The summed E-state index contributed by atoms with van der Waals surface area (Å²) in [6.45, 7) is 6.31. The second-order valence-corrected chi connectivity index (χ2v) is 18.4. The van der Waals surface area contributed by atoms with Gasteiger partial charge in [0.1, 0.15) is 13.2 Å². The Morgan fingerprint density at radius 1 is 0.296 bits per heavy atom. The average molecular weight is 982 g/mol. The summed E-state index contributed by atoms with van der Waals surface area (Å²) in [6.07, 6.45) is 81.7. The van der Waals surface area contributed by atoms with Gasteiger partial charge in [0.05, 0.1) is 0 Å². The molecule has 71 heavy (non-hydrogen) atoms. The van der Waals surface area contributed by atoms with Crippen molar-refractivity contribution in [2.24, 2.45) is 0 Å². The maximum atomic E-state index is 12.8. The predicted molar refractivity (Wildman–Crippen MR) is 306 cm³/mol. The van der Waals surface area contributed by atoms with Crippen LogP contribution in [0.1, 0.15) is 239 Å². The molecular weight excluding hydrogens is 877 g/mol. The van der Waals surface area contributed by atoms with Crippen LogP contribution in [0.4, 0.5) is 0 Å². The van der Waals surface area contributed by atoms with Crippen molar-refractivity contribution in [3.63, 3.8) is 0 Å². The minimum atomic E-state index is -0.838. The van der Waals surface area contributed by atoms with Crippen molar-refractivity contribution in [2.45, 2.75) is 245 Å². The number of hydrogen-bond acceptors (Lipinski definition) is 6. The van der Waals surface area contributed by atoms with Gasteiger partial charge in [0.15, 0.2) is 6.10 Å². The van der Waals surface area contributed by atoms with Gasteiger partial charge in [-0.15, -0.1) is 0 Å². The third-order valence-corrected chi connectivity index (χ3v) is 11.6.